The van der Waals surface area contributed by atoms with Crippen LogP contribution < -0.4 is 29.6 Å². The van der Waals surface area contributed by atoms with Crippen molar-refractivity contribution in [2.45, 2.75) is 13.5 Å². The molecule has 0 saturated carbocycles. The summed E-state index contributed by atoms with van der Waals surface area (Å²) in [5.74, 6) is 2.94. The minimum absolute atomic E-state index is 0. The van der Waals surface area contributed by atoms with Crippen LogP contribution in [0.15, 0.2) is 35.3 Å². The van der Waals surface area contributed by atoms with Crippen LogP contribution in [-0.2, 0) is 6.54 Å². The monoisotopic (exact) mass is 517 g/mol. The number of hydrogen-bond donors (Lipinski definition) is 3. The van der Waals surface area contributed by atoms with Gasteiger partial charge in [0.05, 0.1) is 35.0 Å². The van der Waals surface area contributed by atoms with Crippen LogP contribution >= 0.6 is 24.0 Å². The molecular formula is C20H28IN3O5. The number of methoxy groups -OCH3 is 4. The lowest BCUT2D eigenvalue weighted by Gasteiger charge is -2.16. The summed E-state index contributed by atoms with van der Waals surface area (Å²) in [6.45, 7) is 2.90. The van der Waals surface area contributed by atoms with Crippen LogP contribution in [-0.4, -0.2) is 46.1 Å². The largest absolute Gasteiger partial charge is 0.508 e. The molecule has 8 nitrogen and oxygen atoms in total. The number of hydrogen-bond acceptors (Lipinski definition) is 6. The lowest BCUT2D eigenvalue weighted by molar-refractivity contribution is 0.324. The highest BCUT2D eigenvalue weighted by Crippen LogP contribution is 2.39. The summed E-state index contributed by atoms with van der Waals surface area (Å²) in [4.78, 5) is 4.53. The fourth-order valence-electron chi connectivity index (χ4n) is 2.58. The molecule has 0 fully saturated rings. The minimum Gasteiger partial charge on any atom is -0.508 e. The fourth-order valence-corrected chi connectivity index (χ4v) is 2.58. The number of guanidine groups is 1. The van der Waals surface area contributed by atoms with Crippen molar-refractivity contribution in [3.8, 4) is 28.7 Å². The molecule has 160 valence electrons. The van der Waals surface area contributed by atoms with Crippen LogP contribution in [0.4, 0.5) is 5.69 Å². The van der Waals surface area contributed by atoms with Crippen molar-refractivity contribution in [3.63, 3.8) is 0 Å². The maximum absolute atomic E-state index is 10.0. The molecular weight excluding hydrogens is 489 g/mol. The van der Waals surface area contributed by atoms with Gasteiger partial charge in [-0.15, -0.1) is 24.0 Å². The molecule has 0 radical (unpaired) electrons. The second-order valence-corrected chi connectivity index (χ2v) is 5.73. The first-order chi connectivity index (χ1) is 13.6. The molecule has 0 spiro atoms. The number of aromatic hydroxyl groups is 1. The van der Waals surface area contributed by atoms with Crippen molar-refractivity contribution >= 4 is 35.6 Å². The number of anilines is 1. The predicted molar refractivity (Wildman–Crippen MR) is 125 cm³/mol. The van der Waals surface area contributed by atoms with Gasteiger partial charge in [0.15, 0.2) is 17.5 Å². The molecule has 0 amide bonds. The molecule has 0 aromatic heterocycles. The lowest BCUT2D eigenvalue weighted by atomic mass is 10.2. The van der Waals surface area contributed by atoms with Gasteiger partial charge in [-0.25, -0.2) is 4.99 Å². The molecule has 9 heteroatoms. The molecule has 0 aliphatic carbocycles. The second kappa shape index (κ2) is 12.1. The van der Waals surface area contributed by atoms with Gasteiger partial charge in [-0.3, -0.25) is 0 Å². The molecule has 0 saturated heterocycles. The van der Waals surface area contributed by atoms with Gasteiger partial charge < -0.3 is 34.7 Å². The van der Waals surface area contributed by atoms with Crippen molar-refractivity contribution < 1.29 is 24.1 Å². The third kappa shape index (κ3) is 6.48. The quantitative estimate of drug-likeness (QED) is 0.280. The minimum atomic E-state index is 0. The number of phenols is 1. The highest BCUT2D eigenvalue weighted by atomic mass is 127. The van der Waals surface area contributed by atoms with E-state index in [0.717, 1.165) is 0 Å². The van der Waals surface area contributed by atoms with Crippen LogP contribution in [0.25, 0.3) is 0 Å². The Hall–Kier alpha value is -2.56. The van der Waals surface area contributed by atoms with E-state index in [1.165, 1.54) is 0 Å². The van der Waals surface area contributed by atoms with E-state index in [0.29, 0.717) is 46.8 Å². The third-order valence-electron chi connectivity index (χ3n) is 3.97. The number of ether oxygens (including phenoxy) is 4. The number of rotatable bonds is 8. The van der Waals surface area contributed by atoms with E-state index in [-0.39, 0.29) is 36.3 Å². The summed E-state index contributed by atoms with van der Waals surface area (Å²) in [6, 6.07) is 8.61. The highest BCUT2D eigenvalue weighted by molar-refractivity contribution is 14.0. The number of aliphatic imine (C=N–C) groups is 1. The predicted octanol–water partition coefficient (Wildman–Crippen LogP) is 3.62. The van der Waals surface area contributed by atoms with E-state index in [2.05, 4.69) is 15.6 Å². The molecule has 2 aromatic rings. The maximum atomic E-state index is 10.0. The number of nitrogens with zero attached hydrogens (tertiary/aromatic N) is 1. The molecule has 29 heavy (non-hydrogen) atoms. The van der Waals surface area contributed by atoms with Gasteiger partial charge in [0.2, 0.25) is 5.75 Å². The van der Waals surface area contributed by atoms with E-state index in [4.69, 9.17) is 18.9 Å². The number of nitrogens with one attached hydrogen (secondary N) is 2. The zero-order valence-electron chi connectivity index (χ0n) is 17.2. The number of halogens is 1. The van der Waals surface area contributed by atoms with Crippen molar-refractivity contribution in [2.24, 2.45) is 4.99 Å². The molecule has 0 bridgehead atoms. The molecule has 0 atom stereocenters. The first-order valence-corrected chi connectivity index (χ1v) is 8.77. The smallest absolute Gasteiger partial charge is 0.203 e. The van der Waals surface area contributed by atoms with Crippen LogP contribution in [0.5, 0.6) is 28.7 Å². The SMILES string of the molecule is CCNC(=NCc1cc(OC)ccc1O)Nc1cc(OC)c(OC)c(OC)c1.I. The Bertz CT molecular complexity index is 805. The van der Waals surface area contributed by atoms with Gasteiger partial charge in [-0.1, -0.05) is 0 Å². The topological polar surface area (TPSA) is 93.6 Å². The first-order valence-electron chi connectivity index (χ1n) is 8.77. The Morgan fingerprint density at radius 1 is 0.966 bits per heavy atom. The first kappa shape index (κ1) is 24.5. The molecule has 0 aliphatic rings. The Labute approximate surface area is 188 Å². The van der Waals surface area contributed by atoms with E-state index >= 15 is 0 Å². The Kier molecular flexibility index (Phi) is 10.2. The van der Waals surface area contributed by atoms with Crippen LogP contribution in [0, 0.1) is 0 Å². The van der Waals surface area contributed by atoms with Crippen LogP contribution in [0.3, 0.4) is 0 Å². The molecule has 0 aliphatic heterocycles. The van der Waals surface area contributed by atoms with Crippen molar-refractivity contribution in [2.75, 3.05) is 40.3 Å². The summed E-state index contributed by atoms with van der Waals surface area (Å²) < 4.78 is 21.3. The van der Waals surface area contributed by atoms with E-state index in [1.807, 2.05) is 6.92 Å². The van der Waals surface area contributed by atoms with Crippen LogP contribution in [0.1, 0.15) is 12.5 Å². The molecule has 0 unspecified atom stereocenters. The highest BCUT2D eigenvalue weighted by Gasteiger charge is 2.14. The summed E-state index contributed by atoms with van der Waals surface area (Å²) in [7, 11) is 6.26. The average molecular weight is 517 g/mol. The summed E-state index contributed by atoms with van der Waals surface area (Å²) in [5.41, 5.74) is 1.37. The van der Waals surface area contributed by atoms with Crippen molar-refractivity contribution in [1.82, 2.24) is 5.32 Å². The van der Waals surface area contributed by atoms with E-state index in [9.17, 15) is 5.11 Å². The third-order valence-corrected chi connectivity index (χ3v) is 3.97. The number of phenolic OH excluding ortho intramolecular Hbond substituents is 1. The summed E-state index contributed by atoms with van der Waals surface area (Å²) >= 11 is 0. The zero-order valence-corrected chi connectivity index (χ0v) is 19.6. The molecule has 0 heterocycles. The van der Waals surface area contributed by atoms with Gasteiger partial charge >= 0.3 is 0 Å². The Morgan fingerprint density at radius 2 is 1.62 bits per heavy atom. The van der Waals surface area contributed by atoms with Gasteiger partial charge in [0.25, 0.3) is 0 Å². The Balaban J connectivity index is 0.00000420. The van der Waals surface area contributed by atoms with Gasteiger partial charge in [-0.05, 0) is 25.1 Å². The van der Waals surface area contributed by atoms with Gasteiger partial charge in [0, 0.05) is 29.9 Å². The van der Waals surface area contributed by atoms with Gasteiger partial charge in [-0.2, -0.15) is 0 Å². The average Bonchev–Trinajstić information content (AvgIpc) is 2.72. The summed E-state index contributed by atoms with van der Waals surface area (Å²) in [6.07, 6.45) is 0. The fraction of sp³-hybridized carbons (Fsp3) is 0.350. The zero-order chi connectivity index (χ0) is 20.5. The van der Waals surface area contributed by atoms with E-state index in [1.54, 1.807) is 58.8 Å². The van der Waals surface area contributed by atoms with E-state index < -0.39 is 0 Å². The Morgan fingerprint density at radius 3 is 2.14 bits per heavy atom. The van der Waals surface area contributed by atoms with Gasteiger partial charge in [0.1, 0.15) is 11.5 Å². The normalized spacial score (nSPS) is 10.6. The molecule has 2 rings (SSSR count). The summed E-state index contributed by atoms with van der Waals surface area (Å²) in [5, 5.41) is 16.4. The van der Waals surface area contributed by atoms with Crippen molar-refractivity contribution in [3.05, 3.63) is 35.9 Å². The van der Waals surface area contributed by atoms with Crippen molar-refractivity contribution in [1.29, 1.82) is 0 Å². The number of benzene rings is 2. The second-order valence-electron chi connectivity index (χ2n) is 5.73. The van der Waals surface area contributed by atoms with Crippen LogP contribution in [0.2, 0.25) is 0 Å². The standard InChI is InChI=1S/C20H27N3O5.HI/c1-6-21-20(22-12-13-9-15(25-2)7-8-16(13)24)23-14-10-17(26-3)19(28-5)18(11-14)27-4;/h7-11,24H,6,12H2,1-5H3,(H2,21,22,23);1H. The molecule has 2 aromatic carbocycles. The lowest BCUT2D eigenvalue weighted by Crippen LogP contribution is -2.30. The maximum Gasteiger partial charge on any atom is 0.203 e. The molecule has 3 N–H and O–H groups in total.